The lowest BCUT2D eigenvalue weighted by Gasteiger charge is -2.41. The first kappa shape index (κ1) is 14.5. The molecule has 0 radical (unpaired) electrons. The maximum absolute atomic E-state index is 13.7. The van der Waals surface area contributed by atoms with E-state index in [1.54, 1.807) is 11.0 Å². The first-order valence-corrected chi connectivity index (χ1v) is 8.67. The summed E-state index contributed by atoms with van der Waals surface area (Å²) in [5, 5.41) is 18.4. The zero-order valence-electron chi connectivity index (χ0n) is 17.2. The molecule has 2 saturated heterocycles. The number of rotatable bonds is 4. The second-order valence-electron chi connectivity index (χ2n) is 7.33. The predicted molar refractivity (Wildman–Crippen MR) is 90.3 cm³/mol. The molecule has 6 nitrogen and oxygen atoms in total. The minimum absolute atomic E-state index is 0.0222. The van der Waals surface area contributed by atoms with Crippen LogP contribution in [0.1, 0.15) is 34.9 Å². The number of anilines is 2. The number of fused-ring (bicyclic) bond motifs is 1. The summed E-state index contributed by atoms with van der Waals surface area (Å²) in [6.45, 7) is -1.42. The monoisotopic (exact) mass is 383 g/mol. The Morgan fingerprint density at radius 3 is 2.67 bits per heavy atom. The summed E-state index contributed by atoms with van der Waals surface area (Å²) in [5.74, 6) is -0.904. The van der Waals surface area contributed by atoms with Gasteiger partial charge in [0.2, 0.25) is 0 Å². The van der Waals surface area contributed by atoms with Gasteiger partial charge in [-0.05, 0) is 37.1 Å². The van der Waals surface area contributed by atoms with E-state index in [9.17, 15) is 23.2 Å². The maximum atomic E-state index is 13.7. The quantitative estimate of drug-likeness (QED) is 0.861. The first-order chi connectivity index (χ1) is 13.9. The number of carboxylic acids is 1. The molecule has 2 aliphatic heterocycles. The number of aliphatic carboxylic acids is 1. The Hall–Kier alpha value is -2.50. The highest BCUT2D eigenvalue weighted by Gasteiger charge is 2.56. The van der Waals surface area contributed by atoms with Crippen molar-refractivity contribution in [3.8, 4) is 6.07 Å². The van der Waals surface area contributed by atoms with Crippen LogP contribution in [0.2, 0.25) is 0 Å². The Kier molecular flexibility index (Phi) is 3.24. The number of hydrogen-bond donors (Lipinski definition) is 1. The topological polar surface area (TPSA) is 80.5 Å². The zero-order valence-corrected chi connectivity index (χ0v) is 14.2. The van der Waals surface area contributed by atoms with Crippen LogP contribution in [0.3, 0.4) is 0 Å². The maximum Gasteiger partial charge on any atom is 0.417 e. The molecule has 0 spiro atoms. The third-order valence-corrected chi connectivity index (χ3v) is 5.80. The minimum atomic E-state index is -4.80. The Morgan fingerprint density at radius 2 is 2.19 bits per heavy atom. The molecule has 144 valence electrons. The first-order valence-electron chi connectivity index (χ1n) is 10.2. The molecule has 4 rings (SSSR count). The Morgan fingerprint density at radius 1 is 1.48 bits per heavy atom. The van der Waals surface area contributed by atoms with Gasteiger partial charge in [0.15, 0.2) is 0 Å². The second kappa shape index (κ2) is 6.01. The standard InChI is InChI=1S/C18H19F3N4O2/c1-9-2-3-25(9)17-11(6-22)14(18(19,20)21)5-15(23-17)24-7-12-10(4-16(26)27)13(12)8-24/h5,9-10,12-13H,2-4,7-8H2,1H3,(H,26,27)/t9-,10?,12-,13+/m0/s1/i1D3. The minimum Gasteiger partial charge on any atom is -0.481 e. The van der Waals surface area contributed by atoms with E-state index >= 15 is 0 Å². The van der Waals surface area contributed by atoms with Gasteiger partial charge in [-0.1, -0.05) is 0 Å². The number of nitriles is 1. The van der Waals surface area contributed by atoms with E-state index < -0.39 is 36.2 Å². The molecule has 1 N–H and O–H groups in total. The molecule has 1 aromatic rings. The zero-order chi connectivity index (χ0) is 22.0. The van der Waals surface area contributed by atoms with Crippen LogP contribution in [0.15, 0.2) is 6.07 Å². The number of hydrogen-bond acceptors (Lipinski definition) is 5. The lowest BCUT2D eigenvalue weighted by atomic mass is 10.0. The van der Waals surface area contributed by atoms with Crippen LogP contribution in [-0.2, 0) is 11.0 Å². The van der Waals surface area contributed by atoms with Gasteiger partial charge in [-0.3, -0.25) is 4.79 Å². The molecule has 1 aromatic heterocycles. The van der Waals surface area contributed by atoms with E-state index in [1.165, 1.54) is 4.90 Å². The Bertz CT molecular complexity index is 919. The summed E-state index contributed by atoms with van der Waals surface area (Å²) in [6, 6.07) is 1.41. The fraction of sp³-hybridized carbons (Fsp3) is 0.611. The van der Waals surface area contributed by atoms with Crippen molar-refractivity contribution in [2.24, 2.45) is 17.8 Å². The van der Waals surface area contributed by atoms with Crippen molar-refractivity contribution in [2.45, 2.75) is 31.9 Å². The van der Waals surface area contributed by atoms with E-state index in [-0.39, 0.29) is 48.8 Å². The highest BCUT2D eigenvalue weighted by atomic mass is 19.4. The van der Waals surface area contributed by atoms with Crippen LogP contribution < -0.4 is 9.80 Å². The SMILES string of the molecule is [2H]C([2H])([2H])[C@H]1CCN1c1nc(N2C[C@@H]3C(CC(=O)O)[C@@H]3C2)cc(C(F)(F)F)c1C#N. The number of alkyl halides is 3. The number of carbonyl (C=O) groups is 1. The Labute approximate surface area is 158 Å². The molecule has 4 atom stereocenters. The van der Waals surface area contributed by atoms with Crippen molar-refractivity contribution >= 4 is 17.6 Å². The largest absolute Gasteiger partial charge is 0.481 e. The fourth-order valence-electron chi connectivity index (χ4n) is 4.20. The van der Waals surface area contributed by atoms with Crippen LogP contribution in [0.25, 0.3) is 0 Å². The molecule has 1 saturated carbocycles. The van der Waals surface area contributed by atoms with Crippen molar-refractivity contribution in [1.29, 1.82) is 5.26 Å². The summed E-state index contributed by atoms with van der Waals surface area (Å²) < 4.78 is 63.9. The Balaban J connectivity index is 1.68. The van der Waals surface area contributed by atoms with E-state index in [0.717, 1.165) is 6.07 Å². The number of aromatic nitrogens is 1. The number of halogens is 3. The normalized spacial score (nSPS) is 31.3. The van der Waals surface area contributed by atoms with Crippen LogP contribution in [0.5, 0.6) is 0 Å². The smallest absolute Gasteiger partial charge is 0.417 e. The van der Waals surface area contributed by atoms with E-state index in [1.807, 2.05) is 0 Å². The predicted octanol–water partition coefficient (Wildman–Crippen LogP) is 2.73. The van der Waals surface area contributed by atoms with Crippen molar-refractivity contribution in [3.63, 3.8) is 0 Å². The average molecular weight is 383 g/mol. The molecular formula is C18H19F3N4O2. The lowest BCUT2D eigenvalue weighted by Crippen LogP contribution is -2.47. The number of carboxylic acid groups (broad SMARTS) is 1. The third-order valence-electron chi connectivity index (χ3n) is 5.80. The van der Waals surface area contributed by atoms with E-state index in [4.69, 9.17) is 9.22 Å². The molecule has 0 amide bonds. The molecule has 9 heteroatoms. The summed E-state index contributed by atoms with van der Waals surface area (Å²) in [7, 11) is 0. The van der Waals surface area contributed by atoms with Gasteiger partial charge >= 0.3 is 12.1 Å². The van der Waals surface area contributed by atoms with Gasteiger partial charge in [0.05, 0.1) is 5.56 Å². The molecule has 0 aromatic carbocycles. The fourth-order valence-corrected chi connectivity index (χ4v) is 4.20. The van der Waals surface area contributed by atoms with Crippen molar-refractivity contribution in [2.75, 3.05) is 29.4 Å². The molecule has 3 heterocycles. The molecular weight excluding hydrogens is 361 g/mol. The molecule has 1 aliphatic carbocycles. The van der Waals surface area contributed by atoms with Crippen molar-refractivity contribution in [3.05, 3.63) is 17.2 Å². The van der Waals surface area contributed by atoms with Crippen LogP contribution in [0.4, 0.5) is 24.8 Å². The van der Waals surface area contributed by atoms with Crippen LogP contribution >= 0.6 is 0 Å². The summed E-state index contributed by atoms with van der Waals surface area (Å²) in [5.41, 5.74) is -1.81. The van der Waals surface area contributed by atoms with Gasteiger partial charge in [0.1, 0.15) is 23.3 Å². The highest BCUT2D eigenvalue weighted by Crippen LogP contribution is 2.54. The number of pyridine rings is 1. The molecule has 0 bridgehead atoms. The van der Waals surface area contributed by atoms with Gasteiger partial charge in [-0.15, -0.1) is 0 Å². The van der Waals surface area contributed by atoms with Crippen molar-refractivity contribution in [1.82, 2.24) is 4.98 Å². The van der Waals surface area contributed by atoms with Gasteiger partial charge < -0.3 is 14.9 Å². The second-order valence-corrected chi connectivity index (χ2v) is 7.33. The van der Waals surface area contributed by atoms with Gasteiger partial charge in [0.25, 0.3) is 0 Å². The number of piperidine rings is 1. The lowest BCUT2D eigenvalue weighted by molar-refractivity contribution is -0.138. The molecule has 3 aliphatic rings. The molecule has 3 fully saturated rings. The summed E-state index contributed by atoms with van der Waals surface area (Å²) in [6.07, 6.45) is -4.48. The van der Waals surface area contributed by atoms with Crippen molar-refractivity contribution < 1.29 is 27.2 Å². The van der Waals surface area contributed by atoms with Gasteiger partial charge in [0, 0.05) is 36.2 Å². The summed E-state index contributed by atoms with van der Waals surface area (Å²) >= 11 is 0. The van der Waals surface area contributed by atoms with E-state index in [0.29, 0.717) is 13.1 Å². The summed E-state index contributed by atoms with van der Waals surface area (Å²) in [4.78, 5) is 18.1. The average Bonchev–Trinajstić information content (AvgIpc) is 2.99. The van der Waals surface area contributed by atoms with Gasteiger partial charge in [-0.25, -0.2) is 4.98 Å². The molecule has 1 unspecified atom stereocenters. The van der Waals surface area contributed by atoms with Crippen LogP contribution in [-0.4, -0.2) is 41.7 Å². The van der Waals surface area contributed by atoms with E-state index in [2.05, 4.69) is 4.98 Å². The van der Waals surface area contributed by atoms with Gasteiger partial charge in [-0.2, -0.15) is 18.4 Å². The highest BCUT2D eigenvalue weighted by molar-refractivity contribution is 5.68. The van der Waals surface area contributed by atoms with Crippen LogP contribution in [0, 0.1) is 29.1 Å². The molecule has 27 heavy (non-hydrogen) atoms. The number of nitrogens with zero attached hydrogens (tertiary/aromatic N) is 4. The third kappa shape index (κ3) is 2.97.